The second-order valence-corrected chi connectivity index (χ2v) is 14.7. The second kappa shape index (κ2) is 13.5. The van der Waals surface area contributed by atoms with Crippen molar-refractivity contribution in [3.63, 3.8) is 0 Å². The van der Waals surface area contributed by atoms with E-state index in [1.807, 2.05) is 60.9 Å². The molecular weight excluding hydrogens is 689 g/mol. The lowest BCUT2D eigenvalue weighted by Crippen LogP contribution is -2.00. The minimum atomic E-state index is 0.690. The number of nitrogens with zero attached hydrogens (tertiary/aromatic N) is 4. The fourth-order valence-electron chi connectivity index (χ4n) is 7.94. The van der Waals surface area contributed by atoms with Gasteiger partial charge in [-0.15, -0.1) is 11.3 Å². The highest BCUT2D eigenvalue weighted by molar-refractivity contribution is 7.27. The zero-order chi connectivity index (χ0) is 36.9. The van der Waals surface area contributed by atoms with Crippen LogP contribution in [0.4, 0.5) is 0 Å². The summed E-state index contributed by atoms with van der Waals surface area (Å²) < 4.78 is 4.98. The van der Waals surface area contributed by atoms with Crippen LogP contribution < -0.4 is 0 Å². The highest BCUT2D eigenvalue weighted by atomic mass is 32.1. The molecule has 0 amide bonds. The number of aromatic nitrogens is 3. The van der Waals surface area contributed by atoms with Crippen molar-refractivity contribution in [3.8, 4) is 39.3 Å². The van der Waals surface area contributed by atoms with Gasteiger partial charge in [-0.05, 0) is 95.9 Å². The van der Waals surface area contributed by atoms with Gasteiger partial charge in [0.15, 0.2) is 0 Å². The van der Waals surface area contributed by atoms with E-state index in [1.165, 1.54) is 64.0 Å². The quantitative estimate of drug-likeness (QED) is 0.121. The maximum atomic E-state index is 5.12. The van der Waals surface area contributed by atoms with Gasteiger partial charge in [-0.1, -0.05) is 115 Å². The first-order valence-electron chi connectivity index (χ1n) is 18.4. The normalized spacial score (nSPS) is 12.2. The van der Waals surface area contributed by atoms with Gasteiger partial charge in [-0.2, -0.15) is 0 Å². The number of hydrogen-bond acceptors (Lipinski definition) is 4. The Balaban J connectivity index is 1.37. The third kappa shape index (κ3) is 5.48. The Kier molecular flexibility index (Phi) is 8.01. The van der Waals surface area contributed by atoms with E-state index in [4.69, 9.17) is 9.97 Å². The Morgan fingerprint density at radius 2 is 1.33 bits per heavy atom. The summed E-state index contributed by atoms with van der Waals surface area (Å²) in [5.41, 5.74) is 11.0. The molecule has 0 spiro atoms. The average molecular weight is 723 g/mol. The molecule has 0 aliphatic carbocycles. The zero-order valence-corrected chi connectivity index (χ0v) is 31.0. The summed E-state index contributed by atoms with van der Waals surface area (Å²) in [5, 5.41) is 7.44. The minimum Gasteiger partial charge on any atom is -0.308 e. The molecule has 0 N–H and O–H groups in total. The third-order valence-corrected chi connectivity index (χ3v) is 11.6. The van der Waals surface area contributed by atoms with Crippen molar-refractivity contribution in [2.24, 2.45) is 4.99 Å². The van der Waals surface area contributed by atoms with Gasteiger partial charge < -0.3 is 4.57 Å². The average Bonchev–Trinajstić information content (AvgIpc) is 3.81. The maximum Gasteiger partial charge on any atom is 0.0915 e. The number of allylic oxidation sites excluding steroid dienone is 3. The monoisotopic (exact) mass is 722 g/mol. The van der Waals surface area contributed by atoms with Gasteiger partial charge in [-0.25, -0.2) is 4.98 Å². The molecule has 10 rings (SSSR count). The molecule has 4 aromatic heterocycles. The largest absolute Gasteiger partial charge is 0.308 e. The smallest absolute Gasteiger partial charge is 0.0915 e. The first-order chi connectivity index (χ1) is 27.2. The molecule has 0 unspecified atom stereocenters. The lowest BCUT2D eigenvalue weighted by atomic mass is 9.97. The van der Waals surface area contributed by atoms with Gasteiger partial charge in [0.1, 0.15) is 0 Å². The van der Waals surface area contributed by atoms with Crippen LogP contribution in [0.1, 0.15) is 12.6 Å². The van der Waals surface area contributed by atoms with Crippen LogP contribution in [-0.2, 0) is 0 Å². The first kappa shape index (κ1) is 32.7. The SMILES string of the molecule is C=N/C(=C\C=C/C)c1cc(-n2c3ccc(-c4ccccc4)cc3c3c4sc5ccc(-c6ccccc6)cc5c4c4ccccc4c32)cc(-c2ccccn2)n1. The fraction of sp³-hybridized carbons (Fsp3) is 0.0200. The van der Waals surface area contributed by atoms with Crippen LogP contribution in [0.2, 0.25) is 0 Å². The van der Waals surface area contributed by atoms with Gasteiger partial charge in [0.25, 0.3) is 0 Å². The van der Waals surface area contributed by atoms with Crippen LogP contribution in [0, 0.1) is 0 Å². The van der Waals surface area contributed by atoms with Crippen molar-refractivity contribution >= 4 is 76.5 Å². The Morgan fingerprint density at radius 3 is 2.04 bits per heavy atom. The van der Waals surface area contributed by atoms with E-state index in [-0.39, 0.29) is 0 Å². The van der Waals surface area contributed by atoms with Crippen LogP contribution in [0.25, 0.3) is 97.8 Å². The summed E-state index contributed by atoms with van der Waals surface area (Å²) in [5.74, 6) is 0. The fourth-order valence-corrected chi connectivity index (χ4v) is 9.20. The van der Waals surface area contributed by atoms with E-state index < -0.39 is 0 Å². The van der Waals surface area contributed by atoms with Gasteiger partial charge in [0.05, 0.1) is 39.5 Å². The van der Waals surface area contributed by atoms with E-state index in [0.717, 1.165) is 33.8 Å². The molecule has 0 aliphatic rings. The molecule has 0 bridgehead atoms. The molecule has 0 aliphatic heterocycles. The molecule has 260 valence electrons. The first-order valence-corrected chi connectivity index (χ1v) is 19.2. The second-order valence-electron chi connectivity index (χ2n) is 13.6. The van der Waals surface area contributed by atoms with Crippen molar-refractivity contribution in [2.75, 3.05) is 0 Å². The molecule has 6 aromatic carbocycles. The molecule has 0 atom stereocenters. The van der Waals surface area contributed by atoms with Crippen LogP contribution in [0.3, 0.4) is 0 Å². The van der Waals surface area contributed by atoms with Crippen LogP contribution in [-0.4, -0.2) is 21.3 Å². The summed E-state index contributed by atoms with van der Waals surface area (Å²) in [6, 6.07) is 54.3. The Hall–Kier alpha value is -6.95. The number of thiophene rings is 1. The number of fused-ring (bicyclic) bond motifs is 10. The number of pyridine rings is 2. The van der Waals surface area contributed by atoms with Gasteiger partial charge in [0.2, 0.25) is 0 Å². The molecule has 4 heterocycles. The molecule has 0 radical (unpaired) electrons. The van der Waals surface area contributed by atoms with Gasteiger partial charge in [-0.3, -0.25) is 9.98 Å². The molecule has 5 heteroatoms. The van der Waals surface area contributed by atoms with Crippen molar-refractivity contribution in [1.29, 1.82) is 0 Å². The topological polar surface area (TPSA) is 43.1 Å². The summed E-state index contributed by atoms with van der Waals surface area (Å²) in [6.07, 6.45) is 7.72. The number of rotatable bonds is 7. The Labute approximate surface area is 322 Å². The van der Waals surface area contributed by atoms with E-state index in [0.29, 0.717) is 5.70 Å². The minimum absolute atomic E-state index is 0.690. The number of hydrogen-bond donors (Lipinski definition) is 0. The van der Waals surface area contributed by atoms with Crippen molar-refractivity contribution in [3.05, 3.63) is 182 Å². The van der Waals surface area contributed by atoms with Gasteiger partial charge in [0, 0.05) is 42.5 Å². The predicted molar refractivity (Wildman–Crippen MR) is 235 cm³/mol. The number of aliphatic imine (C=N–C) groups is 1. The zero-order valence-electron chi connectivity index (χ0n) is 30.1. The number of benzene rings is 6. The Morgan fingerprint density at radius 1 is 0.636 bits per heavy atom. The maximum absolute atomic E-state index is 5.12. The van der Waals surface area contributed by atoms with Crippen molar-refractivity contribution in [2.45, 2.75) is 6.92 Å². The molecular formula is C50H34N4S. The molecule has 0 saturated carbocycles. The van der Waals surface area contributed by atoms with E-state index in [9.17, 15) is 0 Å². The summed E-state index contributed by atoms with van der Waals surface area (Å²) in [6.45, 7) is 5.92. The lowest BCUT2D eigenvalue weighted by molar-refractivity contribution is 1.14. The lowest BCUT2D eigenvalue weighted by Gasteiger charge is -2.14. The molecule has 0 fully saturated rings. The molecule has 10 aromatic rings. The van der Waals surface area contributed by atoms with E-state index in [2.05, 4.69) is 150 Å². The van der Waals surface area contributed by atoms with E-state index >= 15 is 0 Å². The predicted octanol–water partition coefficient (Wildman–Crippen LogP) is 13.7. The van der Waals surface area contributed by atoms with Crippen LogP contribution in [0.15, 0.2) is 181 Å². The van der Waals surface area contributed by atoms with Crippen LogP contribution in [0.5, 0.6) is 0 Å². The molecule has 4 nitrogen and oxygen atoms in total. The summed E-state index contributed by atoms with van der Waals surface area (Å²) in [7, 11) is 0. The highest BCUT2D eigenvalue weighted by Gasteiger charge is 2.23. The Bertz CT molecular complexity index is 3150. The summed E-state index contributed by atoms with van der Waals surface area (Å²) >= 11 is 1.88. The third-order valence-electron chi connectivity index (χ3n) is 10.4. The van der Waals surface area contributed by atoms with Gasteiger partial charge >= 0.3 is 0 Å². The summed E-state index contributed by atoms with van der Waals surface area (Å²) in [4.78, 5) is 14.3. The van der Waals surface area contributed by atoms with Crippen molar-refractivity contribution < 1.29 is 0 Å². The van der Waals surface area contributed by atoms with Crippen molar-refractivity contribution in [1.82, 2.24) is 14.5 Å². The van der Waals surface area contributed by atoms with Crippen LogP contribution >= 0.6 is 11.3 Å². The molecule has 0 saturated heterocycles. The molecule has 55 heavy (non-hydrogen) atoms. The van der Waals surface area contributed by atoms with E-state index in [1.54, 1.807) is 0 Å². The highest BCUT2D eigenvalue weighted by Crippen LogP contribution is 2.49. The standard InChI is InChI=1S/C50H34N4S/c1-3-4-21-41(51-2)43-30-36(31-44(53-43)42-22-13-14-27-52-42)54-45-25-23-34(32-15-7-5-8-16-32)28-39(45)48-49(54)38-20-12-11-19-37(38)47-40-29-35(33-17-9-6-10-18-33)24-26-46(40)55-50(47)48/h3-31H,2H2,1H3/b4-3-,41-21-.